The lowest BCUT2D eigenvalue weighted by Crippen LogP contribution is -2.65. The number of rotatable bonds is 5. The van der Waals surface area contributed by atoms with Crippen molar-refractivity contribution in [1.29, 1.82) is 0 Å². The van der Waals surface area contributed by atoms with Crippen LogP contribution in [-0.2, 0) is 0 Å². The summed E-state index contributed by atoms with van der Waals surface area (Å²) in [7, 11) is -1.81. The van der Waals surface area contributed by atoms with Crippen LogP contribution >= 0.6 is 23.2 Å². The highest BCUT2D eigenvalue weighted by Gasteiger charge is 2.56. The molecule has 0 bridgehead atoms. The molecule has 0 N–H and O–H groups in total. The van der Waals surface area contributed by atoms with Gasteiger partial charge in [0.25, 0.3) is 0 Å². The highest BCUT2D eigenvalue weighted by molar-refractivity contribution is 6.78. The zero-order valence-corrected chi connectivity index (χ0v) is 19.1. The van der Waals surface area contributed by atoms with E-state index in [2.05, 4.69) is 51.1 Å². The van der Waals surface area contributed by atoms with Crippen LogP contribution in [0.3, 0.4) is 0 Å². The van der Waals surface area contributed by atoms with Crippen molar-refractivity contribution < 1.29 is 0 Å². The van der Waals surface area contributed by atoms with Crippen molar-refractivity contribution in [2.24, 2.45) is 17.8 Å². The molecule has 1 nitrogen and oxygen atoms in total. The van der Waals surface area contributed by atoms with Crippen LogP contribution in [0.15, 0.2) is 12.7 Å². The average Bonchev–Trinajstić information content (AvgIpc) is 2.75. The van der Waals surface area contributed by atoms with Gasteiger partial charge in [0.05, 0.1) is 0 Å². The lowest BCUT2D eigenvalue weighted by Gasteiger charge is -2.54. The predicted molar refractivity (Wildman–Crippen MR) is 111 cm³/mol. The van der Waals surface area contributed by atoms with Crippen LogP contribution in [0.1, 0.15) is 66.2 Å². The van der Waals surface area contributed by atoms with Gasteiger partial charge in [-0.05, 0) is 70.3 Å². The molecule has 4 unspecified atom stereocenters. The first-order valence-corrected chi connectivity index (χ1v) is 13.5. The molecule has 0 heterocycles. The Morgan fingerprint density at radius 3 is 2.08 bits per heavy atom. The standard InChI is InChI=1S/C20H37Cl2NSi/c1-8-11-15-14-18(17-13-10-9-12-16(15)17)24(6,7)23(19(2,3)4)20(5,21)22/h8,15-18H,1,9-14H2,2-7H3. The van der Waals surface area contributed by atoms with E-state index in [1.54, 1.807) is 0 Å². The number of alkyl halides is 2. The van der Waals surface area contributed by atoms with E-state index < -0.39 is 12.7 Å². The lowest BCUT2D eigenvalue weighted by atomic mass is 9.77. The van der Waals surface area contributed by atoms with Crippen molar-refractivity contribution in [3.63, 3.8) is 0 Å². The van der Waals surface area contributed by atoms with E-state index in [0.717, 1.165) is 23.3 Å². The van der Waals surface area contributed by atoms with Crippen LogP contribution in [-0.4, -0.2) is 22.8 Å². The molecule has 2 rings (SSSR count). The fourth-order valence-electron chi connectivity index (χ4n) is 6.37. The molecule has 0 saturated heterocycles. The van der Waals surface area contributed by atoms with E-state index >= 15 is 0 Å². The van der Waals surface area contributed by atoms with Crippen LogP contribution in [0.4, 0.5) is 0 Å². The molecule has 0 aliphatic heterocycles. The third-order valence-corrected chi connectivity index (χ3v) is 11.9. The van der Waals surface area contributed by atoms with Crippen LogP contribution in [0.25, 0.3) is 0 Å². The monoisotopic (exact) mass is 389 g/mol. The Bertz CT molecular complexity index is 436. The first-order chi connectivity index (χ1) is 10.9. The molecule has 2 saturated carbocycles. The quantitative estimate of drug-likeness (QED) is 0.207. The number of hydrogen-bond donors (Lipinski definition) is 0. The Morgan fingerprint density at radius 1 is 1.08 bits per heavy atom. The number of nitrogens with zero attached hydrogens (tertiary/aromatic N) is 1. The minimum absolute atomic E-state index is 0.0192. The van der Waals surface area contributed by atoms with Gasteiger partial charge in [0.2, 0.25) is 0 Å². The highest BCUT2D eigenvalue weighted by atomic mass is 35.5. The molecule has 0 spiro atoms. The normalized spacial score (nSPS) is 32.0. The van der Waals surface area contributed by atoms with Crippen LogP contribution in [0.5, 0.6) is 0 Å². The molecule has 2 fully saturated rings. The minimum atomic E-state index is -1.81. The molecule has 0 aromatic rings. The smallest absolute Gasteiger partial charge is 0.163 e. The number of halogens is 2. The zero-order chi connectivity index (χ0) is 18.3. The molecule has 0 amide bonds. The van der Waals surface area contributed by atoms with Gasteiger partial charge >= 0.3 is 0 Å². The molecule has 140 valence electrons. The fourth-order valence-corrected chi connectivity index (χ4v) is 13.6. The Hall–Kier alpha value is 0.497. The maximum absolute atomic E-state index is 6.73. The fraction of sp³-hybridized carbons (Fsp3) is 0.900. The summed E-state index contributed by atoms with van der Waals surface area (Å²) in [5.74, 6) is 2.58. The number of fused-ring (bicyclic) bond motifs is 1. The molecule has 0 radical (unpaired) electrons. The topological polar surface area (TPSA) is 3.24 Å². The van der Waals surface area contributed by atoms with Crippen molar-refractivity contribution >= 4 is 31.4 Å². The third kappa shape index (κ3) is 4.08. The van der Waals surface area contributed by atoms with Gasteiger partial charge in [0.1, 0.15) is 8.24 Å². The van der Waals surface area contributed by atoms with Crippen molar-refractivity contribution in [3.8, 4) is 0 Å². The molecule has 2 aliphatic rings. The second-order valence-electron chi connectivity index (χ2n) is 9.74. The highest BCUT2D eigenvalue weighted by Crippen LogP contribution is 2.58. The van der Waals surface area contributed by atoms with Crippen LogP contribution in [0, 0.1) is 17.8 Å². The summed E-state index contributed by atoms with van der Waals surface area (Å²) in [4.78, 5) is 0. The molecule has 0 aromatic carbocycles. The third-order valence-electron chi connectivity index (χ3n) is 6.57. The summed E-state index contributed by atoms with van der Waals surface area (Å²) in [5, 5.41) is 0. The van der Waals surface area contributed by atoms with Gasteiger partial charge in [0.15, 0.2) is 4.46 Å². The lowest BCUT2D eigenvalue weighted by molar-refractivity contribution is 0.192. The summed E-state index contributed by atoms with van der Waals surface area (Å²) in [6.07, 6.45) is 10.3. The van der Waals surface area contributed by atoms with Gasteiger partial charge in [-0.15, -0.1) is 6.58 Å². The minimum Gasteiger partial charge on any atom is -0.290 e. The number of hydrogen-bond acceptors (Lipinski definition) is 1. The van der Waals surface area contributed by atoms with E-state index in [4.69, 9.17) is 23.2 Å². The summed E-state index contributed by atoms with van der Waals surface area (Å²) in [6, 6.07) is 0. The van der Waals surface area contributed by atoms with E-state index in [0.29, 0.717) is 0 Å². The Kier molecular flexibility index (Phi) is 6.29. The second-order valence-corrected chi connectivity index (χ2v) is 15.9. The van der Waals surface area contributed by atoms with E-state index in [-0.39, 0.29) is 5.54 Å². The van der Waals surface area contributed by atoms with Gasteiger partial charge in [-0.1, -0.05) is 61.6 Å². The maximum atomic E-state index is 6.73. The van der Waals surface area contributed by atoms with Crippen LogP contribution < -0.4 is 0 Å². The van der Waals surface area contributed by atoms with Crippen molar-refractivity contribution in [3.05, 3.63) is 12.7 Å². The van der Waals surface area contributed by atoms with Crippen LogP contribution in [0.2, 0.25) is 18.6 Å². The van der Waals surface area contributed by atoms with E-state index in [9.17, 15) is 0 Å². The molecule has 4 atom stereocenters. The van der Waals surface area contributed by atoms with E-state index in [1.165, 1.54) is 38.5 Å². The summed E-state index contributed by atoms with van der Waals surface area (Å²) < 4.78 is 1.68. The first-order valence-electron chi connectivity index (χ1n) is 9.70. The summed E-state index contributed by atoms with van der Waals surface area (Å²) in [6.45, 7) is 17.8. The molecule has 2 aliphatic carbocycles. The van der Waals surface area contributed by atoms with E-state index in [1.807, 2.05) is 6.92 Å². The van der Waals surface area contributed by atoms with Crippen molar-refractivity contribution in [2.75, 3.05) is 0 Å². The van der Waals surface area contributed by atoms with Crippen molar-refractivity contribution in [2.45, 2.75) is 94.9 Å². The Labute approximate surface area is 161 Å². The van der Waals surface area contributed by atoms with Gasteiger partial charge in [-0.2, -0.15) is 0 Å². The average molecular weight is 391 g/mol. The summed E-state index contributed by atoms with van der Waals surface area (Å²) >= 11 is 13.5. The van der Waals surface area contributed by atoms with Gasteiger partial charge in [-0.25, -0.2) is 0 Å². The maximum Gasteiger partial charge on any atom is 0.163 e. The Morgan fingerprint density at radius 2 is 1.62 bits per heavy atom. The molecular weight excluding hydrogens is 353 g/mol. The second kappa shape index (κ2) is 7.25. The van der Waals surface area contributed by atoms with Crippen molar-refractivity contribution in [1.82, 2.24) is 4.57 Å². The van der Waals surface area contributed by atoms with Gasteiger partial charge in [0, 0.05) is 5.54 Å². The number of allylic oxidation sites excluding steroid dienone is 1. The predicted octanol–water partition coefficient (Wildman–Crippen LogP) is 7.22. The SMILES string of the molecule is C=CCC1CC([Si](C)(C)N(C(C)(C)C)C(C)(Cl)Cl)C2CCCCC12. The molecule has 4 heteroatoms. The Balaban J connectivity index is 2.37. The molecule has 24 heavy (non-hydrogen) atoms. The summed E-state index contributed by atoms with van der Waals surface area (Å²) in [5.41, 5.74) is 0.762. The molecule has 0 aromatic heterocycles. The molecular formula is C20H37Cl2NSi. The first kappa shape index (κ1) is 20.8. The van der Waals surface area contributed by atoms with Gasteiger partial charge in [-0.3, -0.25) is 4.57 Å². The zero-order valence-electron chi connectivity index (χ0n) is 16.5. The largest absolute Gasteiger partial charge is 0.290 e. The van der Waals surface area contributed by atoms with Gasteiger partial charge < -0.3 is 0 Å².